The van der Waals surface area contributed by atoms with E-state index in [9.17, 15) is 9.59 Å². The van der Waals surface area contributed by atoms with E-state index in [2.05, 4.69) is 12.2 Å². The molecule has 0 aromatic heterocycles. The van der Waals surface area contributed by atoms with Gasteiger partial charge in [0.1, 0.15) is 0 Å². The first-order valence-corrected chi connectivity index (χ1v) is 7.76. The van der Waals surface area contributed by atoms with Crippen LogP contribution in [0.2, 0.25) is 0 Å². The van der Waals surface area contributed by atoms with E-state index in [0.29, 0.717) is 11.8 Å². The molecule has 3 fully saturated rings. The number of hydrogen-bond acceptors (Lipinski definition) is 2. The van der Waals surface area contributed by atoms with Crippen LogP contribution in [0.1, 0.15) is 18.4 Å². The molecule has 106 valence electrons. The van der Waals surface area contributed by atoms with E-state index in [1.165, 1.54) is 17.7 Å². The van der Waals surface area contributed by atoms with Crippen LogP contribution < -0.4 is 4.90 Å². The number of aryl methyl sites for hydroxylation is 1. The monoisotopic (exact) mass is 279 g/mol. The van der Waals surface area contributed by atoms with Gasteiger partial charge in [0.05, 0.1) is 17.5 Å². The number of carbonyl (C=O) groups excluding carboxylic acids is 2. The quantitative estimate of drug-likeness (QED) is 0.585. The summed E-state index contributed by atoms with van der Waals surface area (Å²) in [5.41, 5.74) is 2.14. The van der Waals surface area contributed by atoms with Crippen LogP contribution in [0.25, 0.3) is 0 Å². The third-order valence-electron chi connectivity index (χ3n) is 6.14. The Balaban J connectivity index is 1.57. The summed E-state index contributed by atoms with van der Waals surface area (Å²) in [6.45, 7) is 2.01. The molecule has 2 bridgehead atoms. The Morgan fingerprint density at radius 3 is 1.95 bits per heavy atom. The van der Waals surface area contributed by atoms with Gasteiger partial charge in [-0.15, -0.1) is 0 Å². The summed E-state index contributed by atoms with van der Waals surface area (Å²) >= 11 is 0. The molecule has 1 heterocycles. The first-order chi connectivity index (χ1) is 10.1. The predicted octanol–water partition coefficient (Wildman–Crippen LogP) is 2.70. The maximum atomic E-state index is 12.9. The molecule has 1 saturated heterocycles. The second-order valence-corrected chi connectivity index (χ2v) is 7.07. The van der Waals surface area contributed by atoms with Crippen molar-refractivity contribution in [1.82, 2.24) is 0 Å². The summed E-state index contributed by atoms with van der Waals surface area (Å²) in [5, 5.41) is 0. The third kappa shape index (κ3) is 1.22. The van der Waals surface area contributed by atoms with Gasteiger partial charge in [-0.1, -0.05) is 29.8 Å². The van der Waals surface area contributed by atoms with E-state index in [1.54, 1.807) is 0 Å². The highest BCUT2D eigenvalue weighted by Crippen LogP contribution is 2.73. The van der Waals surface area contributed by atoms with Gasteiger partial charge in [0.2, 0.25) is 11.8 Å². The van der Waals surface area contributed by atoms with Gasteiger partial charge >= 0.3 is 0 Å². The van der Waals surface area contributed by atoms with Crippen molar-refractivity contribution in [2.45, 2.75) is 19.8 Å². The van der Waals surface area contributed by atoms with E-state index in [-0.39, 0.29) is 29.1 Å². The molecule has 3 heteroatoms. The Hall–Kier alpha value is -1.90. The number of amides is 2. The van der Waals surface area contributed by atoms with Crippen LogP contribution in [0.4, 0.5) is 5.69 Å². The van der Waals surface area contributed by atoms with Gasteiger partial charge in [-0.2, -0.15) is 0 Å². The second-order valence-electron chi connectivity index (χ2n) is 7.07. The Morgan fingerprint density at radius 1 is 0.952 bits per heavy atom. The second kappa shape index (κ2) is 3.46. The number of imide groups is 1. The van der Waals surface area contributed by atoms with Crippen molar-refractivity contribution in [2.75, 3.05) is 4.90 Å². The predicted molar refractivity (Wildman–Crippen MR) is 78.4 cm³/mol. The Morgan fingerprint density at radius 2 is 1.48 bits per heavy atom. The highest BCUT2D eigenvalue weighted by atomic mass is 16.2. The molecule has 0 radical (unpaired) electrons. The Kier molecular flexibility index (Phi) is 1.93. The number of carbonyl (C=O) groups is 2. The van der Waals surface area contributed by atoms with Crippen LogP contribution in [-0.2, 0) is 9.59 Å². The average molecular weight is 279 g/mol. The molecule has 4 atom stereocenters. The zero-order valence-corrected chi connectivity index (χ0v) is 12.0. The Bertz CT molecular complexity index is 664. The number of anilines is 1. The molecular weight excluding hydrogens is 262 g/mol. The van der Waals surface area contributed by atoms with Crippen molar-refractivity contribution >= 4 is 17.5 Å². The van der Waals surface area contributed by atoms with Crippen molar-refractivity contribution in [3.8, 4) is 0 Å². The van der Waals surface area contributed by atoms with Crippen LogP contribution in [0.5, 0.6) is 0 Å². The third-order valence-corrected chi connectivity index (χ3v) is 6.14. The lowest BCUT2D eigenvalue weighted by Gasteiger charge is -2.21. The summed E-state index contributed by atoms with van der Waals surface area (Å²) < 4.78 is 0. The SMILES string of the molecule is Cc1ccc(N2C(=O)[C@H]3[C@H](C2=O)[C@H]2C=C[C@H]3C23CC3)cc1. The number of allylic oxidation sites excluding steroid dienone is 2. The van der Waals surface area contributed by atoms with Gasteiger partial charge in [0, 0.05) is 0 Å². The zero-order valence-electron chi connectivity index (χ0n) is 12.0. The molecule has 1 aromatic rings. The maximum absolute atomic E-state index is 12.9. The fourth-order valence-corrected chi connectivity index (χ4v) is 5.03. The molecule has 1 spiro atoms. The summed E-state index contributed by atoms with van der Waals surface area (Å²) in [6.07, 6.45) is 6.80. The lowest BCUT2D eigenvalue weighted by molar-refractivity contribution is -0.123. The summed E-state index contributed by atoms with van der Waals surface area (Å²) in [4.78, 5) is 27.2. The molecular formula is C18H17NO2. The normalized spacial score (nSPS) is 37.7. The summed E-state index contributed by atoms with van der Waals surface area (Å²) in [6, 6.07) is 7.68. The number of hydrogen-bond donors (Lipinski definition) is 0. The van der Waals surface area contributed by atoms with Crippen LogP contribution in [-0.4, -0.2) is 11.8 Å². The highest BCUT2D eigenvalue weighted by molar-refractivity contribution is 6.23. The number of benzene rings is 1. The lowest BCUT2D eigenvalue weighted by atomic mass is 9.85. The van der Waals surface area contributed by atoms with E-state index in [0.717, 1.165) is 11.3 Å². The van der Waals surface area contributed by atoms with Crippen LogP contribution in [0, 0.1) is 36.0 Å². The van der Waals surface area contributed by atoms with Gasteiger partial charge in [0.25, 0.3) is 0 Å². The van der Waals surface area contributed by atoms with E-state index >= 15 is 0 Å². The van der Waals surface area contributed by atoms with Crippen molar-refractivity contribution in [1.29, 1.82) is 0 Å². The fraction of sp³-hybridized carbons (Fsp3) is 0.444. The molecule has 2 saturated carbocycles. The molecule has 0 unspecified atom stereocenters. The molecule has 2 amide bonds. The van der Waals surface area contributed by atoms with Crippen molar-refractivity contribution in [3.63, 3.8) is 0 Å². The number of rotatable bonds is 1. The first kappa shape index (κ1) is 11.7. The van der Waals surface area contributed by atoms with E-state index in [1.807, 2.05) is 31.2 Å². The topological polar surface area (TPSA) is 37.4 Å². The molecule has 3 nitrogen and oxygen atoms in total. The Labute approximate surface area is 123 Å². The summed E-state index contributed by atoms with van der Waals surface area (Å²) in [7, 11) is 0. The van der Waals surface area contributed by atoms with Gasteiger partial charge in [0.15, 0.2) is 0 Å². The fourth-order valence-electron chi connectivity index (χ4n) is 5.03. The minimum absolute atomic E-state index is 0.0250. The summed E-state index contributed by atoms with van der Waals surface area (Å²) in [5.74, 6) is 0.459. The van der Waals surface area contributed by atoms with Crippen molar-refractivity contribution in [2.24, 2.45) is 29.1 Å². The molecule has 3 aliphatic carbocycles. The number of fused-ring (bicyclic) bond motifs is 3. The highest BCUT2D eigenvalue weighted by Gasteiger charge is 2.73. The van der Waals surface area contributed by atoms with E-state index < -0.39 is 0 Å². The standard InChI is InChI=1S/C18H17NO2/c1-10-2-4-11(5-3-10)19-16(20)14-12-6-7-13(15(14)17(19)21)18(12)8-9-18/h2-7,12-15H,8-9H2,1H3/t12-,13-,14-,15-/m1/s1. The van der Waals surface area contributed by atoms with Crippen molar-refractivity contribution in [3.05, 3.63) is 42.0 Å². The molecule has 5 rings (SSSR count). The molecule has 0 N–H and O–H groups in total. The van der Waals surface area contributed by atoms with Gasteiger partial charge in [-0.25, -0.2) is 0 Å². The lowest BCUT2D eigenvalue weighted by Crippen LogP contribution is -2.34. The molecule has 21 heavy (non-hydrogen) atoms. The zero-order chi connectivity index (χ0) is 14.4. The first-order valence-electron chi connectivity index (χ1n) is 7.76. The smallest absolute Gasteiger partial charge is 0.238 e. The molecule has 1 aromatic carbocycles. The van der Waals surface area contributed by atoms with Gasteiger partial charge in [-0.3, -0.25) is 14.5 Å². The van der Waals surface area contributed by atoms with Crippen LogP contribution in [0.3, 0.4) is 0 Å². The van der Waals surface area contributed by atoms with Gasteiger partial charge in [-0.05, 0) is 49.1 Å². The maximum Gasteiger partial charge on any atom is 0.238 e. The van der Waals surface area contributed by atoms with E-state index in [4.69, 9.17) is 0 Å². The minimum Gasteiger partial charge on any atom is -0.274 e. The molecule has 1 aliphatic heterocycles. The molecule has 4 aliphatic rings. The van der Waals surface area contributed by atoms with Crippen molar-refractivity contribution < 1.29 is 9.59 Å². The largest absolute Gasteiger partial charge is 0.274 e. The van der Waals surface area contributed by atoms with Crippen LogP contribution in [0.15, 0.2) is 36.4 Å². The average Bonchev–Trinajstić information content (AvgIpc) is 3.07. The number of nitrogens with zero attached hydrogens (tertiary/aromatic N) is 1. The minimum atomic E-state index is -0.101. The van der Waals surface area contributed by atoms with Crippen LogP contribution >= 0.6 is 0 Å². The van der Waals surface area contributed by atoms with Gasteiger partial charge < -0.3 is 0 Å².